The number of hydrogen-bond acceptors (Lipinski definition) is 3. The second-order valence-electron chi connectivity index (χ2n) is 3.73. The normalized spacial score (nSPS) is 10.1. The van der Waals surface area contributed by atoms with E-state index in [-0.39, 0.29) is 5.91 Å². The molecule has 0 saturated carbocycles. The standard InChI is InChI=1S/C13H18ClNO3/c1-17-9-4-8-15-13(16)7-10-18-12-6-3-2-5-11(12)14/h2-3,5-6H,4,7-10H2,1H3,(H,15,16). The van der Waals surface area contributed by atoms with E-state index in [4.69, 9.17) is 21.1 Å². The molecule has 1 aromatic carbocycles. The molecule has 4 nitrogen and oxygen atoms in total. The van der Waals surface area contributed by atoms with E-state index in [9.17, 15) is 4.79 Å². The van der Waals surface area contributed by atoms with Crippen molar-refractivity contribution in [2.45, 2.75) is 12.8 Å². The molecule has 5 heteroatoms. The van der Waals surface area contributed by atoms with Gasteiger partial charge in [-0.05, 0) is 18.6 Å². The number of methoxy groups -OCH3 is 1. The van der Waals surface area contributed by atoms with E-state index in [1.165, 1.54) is 0 Å². The predicted octanol–water partition coefficient (Wildman–Crippen LogP) is 2.26. The van der Waals surface area contributed by atoms with Crippen LogP contribution >= 0.6 is 11.6 Å². The molecule has 1 N–H and O–H groups in total. The van der Waals surface area contributed by atoms with Crippen LogP contribution in [0.5, 0.6) is 5.75 Å². The van der Waals surface area contributed by atoms with Gasteiger partial charge in [0, 0.05) is 20.3 Å². The minimum atomic E-state index is -0.0295. The minimum absolute atomic E-state index is 0.0295. The first-order chi connectivity index (χ1) is 8.74. The van der Waals surface area contributed by atoms with Crippen LogP contribution < -0.4 is 10.1 Å². The van der Waals surface area contributed by atoms with Crippen LogP contribution in [0.25, 0.3) is 0 Å². The summed E-state index contributed by atoms with van der Waals surface area (Å²) < 4.78 is 10.3. The van der Waals surface area contributed by atoms with Crippen LogP contribution in [-0.2, 0) is 9.53 Å². The Morgan fingerprint density at radius 3 is 2.83 bits per heavy atom. The molecule has 1 aromatic rings. The molecule has 1 rings (SSSR count). The topological polar surface area (TPSA) is 47.6 Å². The van der Waals surface area contributed by atoms with E-state index in [0.717, 1.165) is 6.42 Å². The highest BCUT2D eigenvalue weighted by Crippen LogP contribution is 2.22. The molecule has 0 fully saturated rings. The largest absolute Gasteiger partial charge is 0.491 e. The number of rotatable bonds is 8. The quantitative estimate of drug-likeness (QED) is 0.738. The summed E-state index contributed by atoms with van der Waals surface area (Å²) in [6.45, 7) is 1.59. The van der Waals surface area contributed by atoms with Gasteiger partial charge in [-0.25, -0.2) is 0 Å². The fourth-order valence-corrected chi connectivity index (χ4v) is 1.54. The summed E-state index contributed by atoms with van der Waals surface area (Å²) in [6, 6.07) is 7.20. The number of carbonyl (C=O) groups excluding carboxylic acids is 1. The molecule has 0 aliphatic heterocycles. The third-order valence-corrected chi connectivity index (χ3v) is 2.58. The van der Waals surface area contributed by atoms with Gasteiger partial charge in [0.05, 0.1) is 18.1 Å². The van der Waals surface area contributed by atoms with Crippen LogP contribution in [-0.4, -0.2) is 32.8 Å². The van der Waals surface area contributed by atoms with Gasteiger partial charge < -0.3 is 14.8 Å². The van der Waals surface area contributed by atoms with Gasteiger partial charge in [-0.15, -0.1) is 0 Å². The summed E-state index contributed by atoms with van der Waals surface area (Å²) in [7, 11) is 1.64. The zero-order valence-electron chi connectivity index (χ0n) is 10.4. The van der Waals surface area contributed by atoms with Gasteiger partial charge in [0.15, 0.2) is 0 Å². The Bertz CT molecular complexity index is 371. The third kappa shape index (κ3) is 5.89. The Balaban J connectivity index is 2.14. The van der Waals surface area contributed by atoms with Crippen LogP contribution in [0, 0.1) is 0 Å². The summed E-state index contributed by atoms with van der Waals surface area (Å²) in [5, 5.41) is 3.34. The van der Waals surface area contributed by atoms with Crippen LogP contribution in [0.15, 0.2) is 24.3 Å². The first-order valence-corrected chi connectivity index (χ1v) is 6.25. The zero-order valence-corrected chi connectivity index (χ0v) is 11.2. The van der Waals surface area contributed by atoms with Crippen molar-refractivity contribution in [2.24, 2.45) is 0 Å². The van der Waals surface area contributed by atoms with Crippen molar-refractivity contribution in [3.63, 3.8) is 0 Å². The molecule has 0 spiro atoms. The highest BCUT2D eigenvalue weighted by molar-refractivity contribution is 6.32. The van der Waals surface area contributed by atoms with Gasteiger partial charge in [-0.2, -0.15) is 0 Å². The van der Waals surface area contributed by atoms with Gasteiger partial charge in [-0.3, -0.25) is 4.79 Å². The molecule has 0 atom stereocenters. The van der Waals surface area contributed by atoms with Crippen molar-refractivity contribution in [1.82, 2.24) is 5.32 Å². The molecule has 18 heavy (non-hydrogen) atoms. The Labute approximate surface area is 112 Å². The maximum Gasteiger partial charge on any atom is 0.223 e. The summed E-state index contributed by atoms with van der Waals surface area (Å²) in [4.78, 5) is 11.4. The lowest BCUT2D eigenvalue weighted by atomic mass is 10.3. The number of hydrogen-bond donors (Lipinski definition) is 1. The summed E-state index contributed by atoms with van der Waals surface area (Å²) in [5.74, 6) is 0.574. The van der Waals surface area contributed by atoms with Crippen molar-refractivity contribution < 1.29 is 14.3 Å². The van der Waals surface area contributed by atoms with E-state index in [1.807, 2.05) is 12.1 Å². The smallest absolute Gasteiger partial charge is 0.223 e. The fourth-order valence-electron chi connectivity index (χ4n) is 1.35. The Morgan fingerprint density at radius 1 is 1.33 bits per heavy atom. The SMILES string of the molecule is COCCCNC(=O)CCOc1ccccc1Cl. The van der Waals surface area contributed by atoms with Crippen LogP contribution in [0.1, 0.15) is 12.8 Å². The van der Waals surface area contributed by atoms with Gasteiger partial charge >= 0.3 is 0 Å². The maximum absolute atomic E-state index is 11.4. The number of carbonyl (C=O) groups is 1. The highest BCUT2D eigenvalue weighted by Gasteiger charge is 2.03. The Morgan fingerprint density at radius 2 is 2.11 bits per heavy atom. The maximum atomic E-state index is 11.4. The molecule has 100 valence electrons. The van der Waals surface area contributed by atoms with Gasteiger partial charge in [0.1, 0.15) is 5.75 Å². The van der Waals surface area contributed by atoms with Crippen molar-refractivity contribution in [3.8, 4) is 5.75 Å². The lowest BCUT2D eigenvalue weighted by Gasteiger charge is -2.08. The predicted molar refractivity (Wildman–Crippen MR) is 71.1 cm³/mol. The average Bonchev–Trinajstić information content (AvgIpc) is 2.37. The zero-order chi connectivity index (χ0) is 13.2. The molecule has 0 aromatic heterocycles. The Hall–Kier alpha value is -1.26. The highest BCUT2D eigenvalue weighted by atomic mass is 35.5. The fraction of sp³-hybridized carbons (Fsp3) is 0.462. The molecule has 1 amide bonds. The molecule has 0 aliphatic rings. The van der Waals surface area contributed by atoms with Gasteiger partial charge in [0.25, 0.3) is 0 Å². The van der Waals surface area contributed by atoms with E-state index in [1.54, 1.807) is 19.2 Å². The second kappa shape index (κ2) is 8.78. The Kier molecular flexibility index (Phi) is 7.22. The van der Waals surface area contributed by atoms with Crippen molar-refractivity contribution in [1.29, 1.82) is 0 Å². The van der Waals surface area contributed by atoms with Crippen LogP contribution in [0.4, 0.5) is 0 Å². The summed E-state index contributed by atoms with van der Waals surface area (Å²) in [5.41, 5.74) is 0. The van der Waals surface area contributed by atoms with Crippen molar-refractivity contribution >= 4 is 17.5 Å². The molecule has 0 aliphatic carbocycles. The second-order valence-corrected chi connectivity index (χ2v) is 4.13. The summed E-state index contributed by atoms with van der Waals surface area (Å²) in [6.07, 6.45) is 1.13. The molecule has 0 unspecified atom stereocenters. The number of halogens is 1. The van der Waals surface area contributed by atoms with E-state index >= 15 is 0 Å². The number of nitrogens with one attached hydrogen (secondary N) is 1. The molecule has 0 heterocycles. The lowest BCUT2D eigenvalue weighted by molar-refractivity contribution is -0.121. The molecular weight excluding hydrogens is 254 g/mol. The van der Waals surface area contributed by atoms with Gasteiger partial charge in [-0.1, -0.05) is 23.7 Å². The van der Waals surface area contributed by atoms with E-state index in [2.05, 4.69) is 5.32 Å². The summed E-state index contributed by atoms with van der Waals surface area (Å²) >= 11 is 5.92. The molecular formula is C13H18ClNO3. The first kappa shape index (κ1) is 14.8. The molecule has 0 radical (unpaired) electrons. The monoisotopic (exact) mass is 271 g/mol. The van der Waals surface area contributed by atoms with Crippen LogP contribution in [0.3, 0.4) is 0 Å². The lowest BCUT2D eigenvalue weighted by Crippen LogP contribution is -2.26. The van der Waals surface area contributed by atoms with Crippen LogP contribution in [0.2, 0.25) is 5.02 Å². The molecule has 0 bridgehead atoms. The molecule has 0 saturated heterocycles. The third-order valence-electron chi connectivity index (χ3n) is 2.27. The van der Waals surface area contributed by atoms with E-state index < -0.39 is 0 Å². The first-order valence-electron chi connectivity index (χ1n) is 5.87. The van der Waals surface area contributed by atoms with Crippen molar-refractivity contribution in [2.75, 3.05) is 26.9 Å². The number of ether oxygens (including phenoxy) is 2. The average molecular weight is 272 g/mol. The number of amides is 1. The van der Waals surface area contributed by atoms with Gasteiger partial charge in [0.2, 0.25) is 5.91 Å². The number of para-hydroxylation sites is 1. The van der Waals surface area contributed by atoms with E-state index in [0.29, 0.717) is 37.0 Å². The number of benzene rings is 1. The van der Waals surface area contributed by atoms with Crippen molar-refractivity contribution in [3.05, 3.63) is 29.3 Å². The minimum Gasteiger partial charge on any atom is -0.491 e.